The number of hydrogen-bond donors (Lipinski definition) is 2. The fourth-order valence-corrected chi connectivity index (χ4v) is 1.76. The number of rotatable bonds is 5. The lowest BCUT2D eigenvalue weighted by Gasteiger charge is -2.09. The molecule has 1 atom stereocenters. The van der Waals surface area contributed by atoms with Crippen molar-refractivity contribution in [2.45, 2.75) is 18.8 Å². The van der Waals surface area contributed by atoms with E-state index in [-0.39, 0.29) is 6.42 Å². The molecule has 2 heterocycles. The number of aromatic nitrogens is 2. The van der Waals surface area contributed by atoms with Crippen LogP contribution in [0.15, 0.2) is 12.4 Å². The Labute approximate surface area is 99.0 Å². The van der Waals surface area contributed by atoms with Gasteiger partial charge >= 0.3 is 5.97 Å². The molecular weight excluding hydrogens is 222 g/mol. The molecule has 2 rings (SSSR count). The van der Waals surface area contributed by atoms with Gasteiger partial charge in [0.25, 0.3) is 0 Å². The van der Waals surface area contributed by atoms with Gasteiger partial charge in [0.2, 0.25) is 0 Å². The minimum Gasteiger partial charge on any atom is -0.481 e. The minimum atomic E-state index is -0.823. The Morgan fingerprint density at radius 1 is 1.59 bits per heavy atom. The Morgan fingerprint density at radius 3 is 3.18 bits per heavy atom. The molecule has 0 saturated carbocycles. The second-order valence-electron chi connectivity index (χ2n) is 3.96. The summed E-state index contributed by atoms with van der Waals surface area (Å²) in [6.45, 7) is 1.84. The number of nitrogens with zero attached hydrogens (tertiary/aromatic N) is 2. The summed E-state index contributed by atoms with van der Waals surface area (Å²) in [6, 6.07) is 1.86. The third kappa shape index (κ3) is 3.39. The van der Waals surface area contributed by atoms with Crippen molar-refractivity contribution in [3.8, 4) is 0 Å². The molecule has 0 bridgehead atoms. The van der Waals surface area contributed by atoms with E-state index in [1.165, 1.54) is 6.33 Å². The van der Waals surface area contributed by atoms with Crippen LogP contribution in [-0.2, 0) is 9.53 Å². The van der Waals surface area contributed by atoms with Gasteiger partial charge in [-0.25, -0.2) is 9.97 Å². The van der Waals surface area contributed by atoms with Crippen molar-refractivity contribution in [2.75, 3.05) is 25.1 Å². The normalized spacial score (nSPS) is 19.2. The molecule has 0 radical (unpaired) electrons. The van der Waals surface area contributed by atoms with Crippen LogP contribution in [0, 0.1) is 0 Å². The SMILES string of the molecule is O=C(O)CCNc1cc(C2CCOC2)ncn1. The van der Waals surface area contributed by atoms with E-state index in [0.717, 1.165) is 18.7 Å². The average molecular weight is 237 g/mol. The van der Waals surface area contributed by atoms with Gasteiger partial charge in [0.05, 0.1) is 18.7 Å². The van der Waals surface area contributed by atoms with Crippen molar-refractivity contribution < 1.29 is 14.6 Å². The second-order valence-corrected chi connectivity index (χ2v) is 3.96. The monoisotopic (exact) mass is 237 g/mol. The molecule has 0 aromatic carbocycles. The second kappa shape index (κ2) is 5.58. The molecule has 92 valence electrons. The Bertz CT molecular complexity index is 391. The number of anilines is 1. The van der Waals surface area contributed by atoms with Crippen LogP contribution < -0.4 is 5.32 Å². The highest BCUT2D eigenvalue weighted by molar-refractivity contribution is 5.67. The molecule has 0 aliphatic carbocycles. The van der Waals surface area contributed by atoms with Crippen LogP contribution in [0.3, 0.4) is 0 Å². The molecule has 17 heavy (non-hydrogen) atoms. The fraction of sp³-hybridized carbons (Fsp3) is 0.545. The van der Waals surface area contributed by atoms with E-state index >= 15 is 0 Å². The molecule has 1 aliphatic heterocycles. The van der Waals surface area contributed by atoms with Gasteiger partial charge in [-0.1, -0.05) is 0 Å². The van der Waals surface area contributed by atoms with Crippen LogP contribution in [0.4, 0.5) is 5.82 Å². The van der Waals surface area contributed by atoms with E-state index in [1.807, 2.05) is 6.07 Å². The van der Waals surface area contributed by atoms with E-state index in [4.69, 9.17) is 9.84 Å². The predicted molar refractivity (Wildman–Crippen MR) is 61.0 cm³/mol. The van der Waals surface area contributed by atoms with Crippen LogP contribution in [0.5, 0.6) is 0 Å². The van der Waals surface area contributed by atoms with Crippen LogP contribution in [-0.4, -0.2) is 40.8 Å². The summed E-state index contributed by atoms with van der Waals surface area (Å²) in [6.07, 6.45) is 2.55. The van der Waals surface area contributed by atoms with Crippen molar-refractivity contribution in [3.63, 3.8) is 0 Å². The Morgan fingerprint density at radius 2 is 2.47 bits per heavy atom. The Hall–Kier alpha value is -1.69. The molecule has 1 saturated heterocycles. The van der Waals surface area contributed by atoms with E-state index in [0.29, 0.717) is 24.9 Å². The van der Waals surface area contributed by atoms with Gasteiger partial charge in [-0.2, -0.15) is 0 Å². The van der Waals surface area contributed by atoms with Crippen molar-refractivity contribution in [1.82, 2.24) is 9.97 Å². The lowest BCUT2D eigenvalue weighted by Crippen LogP contribution is -2.10. The minimum absolute atomic E-state index is 0.0753. The van der Waals surface area contributed by atoms with Gasteiger partial charge in [-0.05, 0) is 6.42 Å². The third-order valence-electron chi connectivity index (χ3n) is 2.68. The van der Waals surface area contributed by atoms with Gasteiger partial charge in [0.15, 0.2) is 0 Å². The maximum atomic E-state index is 10.4. The highest BCUT2D eigenvalue weighted by atomic mass is 16.5. The molecule has 1 fully saturated rings. The average Bonchev–Trinajstić information content (AvgIpc) is 2.82. The van der Waals surface area contributed by atoms with Crippen LogP contribution in [0.25, 0.3) is 0 Å². The zero-order chi connectivity index (χ0) is 12.1. The molecule has 1 aliphatic rings. The fourth-order valence-electron chi connectivity index (χ4n) is 1.76. The number of hydrogen-bond acceptors (Lipinski definition) is 5. The summed E-state index contributed by atoms with van der Waals surface area (Å²) in [5, 5.41) is 11.5. The van der Waals surface area contributed by atoms with Gasteiger partial charge in [-0.3, -0.25) is 4.79 Å². The number of nitrogens with one attached hydrogen (secondary N) is 1. The van der Waals surface area contributed by atoms with Gasteiger partial charge < -0.3 is 15.2 Å². The standard InChI is InChI=1S/C11H15N3O3/c15-11(16)1-3-12-10-5-9(13-7-14-10)8-2-4-17-6-8/h5,7-8H,1-4,6H2,(H,15,16)(H,12,13,14). The zero-order valence-corrected chi connectivity index (χ0v) is 9.43. The van der Waals surface area contributed by atoms with Crippen LogP contribution in [0.2, 0.25) is 0 Å². The van der Waals surface area contributed by atoms with Gasteiger partial charge in [0, 0.05) is 25.1 Å². The number of carbonyl (C=O) groups is 1. The lowest BCUT2D eigenvalue weighted by molar-refractivity contribution is -0.136. The molecule has 1 unspecified atom stereocenters. The van der Waals surface area contributed by atoms with Crippen molar-refractivity contribution in [3.05, 3.63) is 18.1 Å². The predicted octanol–water partition coefficient (Wildman–Crippen LogP) is 0.867. The first kappa shape index (κ1) is 11.8. The number of aliphatic carboxylic acids is 1. The van der Waals surface area contributed by atoms with Crippen molar-refractivity contribution >= 4 is 11.8 Å². The number of carboxylic acid groups (broad SMARTS) is 1. The molecule has 6 heteroatoms. The van der Waals surface area contributed by atoms with E-state index in [1.54, 1.807) is 0 Å². The molecule has 0 spiro atoms. The maximum Gasteiger partial charge on any atom is 0.305 e. The first-order chi connectivity index (χ1) is 8.25. The highest BCUT2D eigenvalue weighted by Gasteiger charge is 2.19. The first-order valence-corrected chi connectivity index (χ1v) is 5.61. The molecule has 6 nitrogen and oxygen atoms in total. The number of carboxylic acids is 1. The smallest absolute Gasteiger partial charge is 0.305 e. The molecule has 1 aromatic heterocycles. The van der Waals surface area contributed by atoms with Crippen LogP contribution >= 0.6 is 0 Å². The lowest BCUT2D eigenvalue weighted by atomic mass is 10.1. The van der Waals surface area contributed by atoms with Crippen LogP contribution in [0.1, 0.15) is 24.5 Å². The molecule has 2 N–H and O–H groups in total. The molecule has 1 aromatic rings. The Kier molecular flexibility index (Phi) is 3.87. The van der Waals surface area contributed by atoms with Gasteiger partial charge in [-0.15, -0.1) is 0 Å². The first-order valence-electron chi connectivity index (χ1n) is 5.61. The van der Waals surface area contributed by atoms with E-state index in [9.17, 15) is 4.79 Å². The van der Waals surface area contributed by atoms with Crippen molar-refractivity contribution in [1.29, 1.82) is 0 Å². The summed E-state index contributed by atoms with van der Waals surface area (Å²) in [5.74, 6) is 0.178. The summed E-state index contributed by atoms with van der Waals surface area (Å²) in [4.78, 5) is 18.6. The maximum absolute atomic E-state index is 10.4. The van der Waals surface area contributed by atoms with E-state index in [2.05, 4.69) is 15.3 Å². The van der Waals surface area contributed by atoms with Gasteiger partial charge in [0.1, 0.15) is 12.1 Å². The topological polar surface area (TPSA) is 84.3 Å². The van der Waals surface area contributed by atoms with Crippen molar-refractivity contribution in [2.24, 2.45) is 0 Å². The molecule has 0 amide bonds. The highest BCUT2D eigenvalue weighted by Crippen LogP contribution is 2.24. The summed E-state index contributed by atoms with van der Waals surface area (Å²) in [7, 11) is 0. The summed E-state index contributed by atoms with van der Waals surface area (Å²) in [5.41, 5.74) is 0.954. The number of ether oxygens (including phenoxy) is 1. The summed E-state index contributed by atoms with van der Waals surface area (Å²) < 4.78 is 5.31. The quantitative estimate of drug-likeness (QED) is 0.790. The third-order valence-corrected chi connectivity index (χ3v) is 2.68. The van der Waals surface area contributed by atoms with E-state index < -0.39 is 5.97 Å². The summed E-state index contributed by atoms with van der Waals surface area (Å²) >= 11 is 0. The molecular formula is C11H15N3O3. The zero-order valence-electron chi connectivity index (χ0n) is 9.43. The largest absolute Gasteiger partial charge is 0.481 e. The Balaban J connectivity index is 1.93.